The maximum Gasteiger partial charge on any atom is 0.354 e. The zero-order valence-corrected chi connectivity index (χ0v) is 8.23. The summed E-state index contributed by atoms with van der Waals surface area (Å²) in [5, 5.41) is 14.7. The average Bonchev–Trinajstić information content (AvgIpc) is 2.70. The van der Waals surface area contributed by atoms with Crippen molar-refractivity contribution in [3.05, 3.63) is 29.7 Å². The van der Waals surface area contributed by atoms with Gasteiger partial charge >= 0.3 is 5.97 Å². The van der Waals surface area contributed by atoms with Crippen molar-refractivity contribution in [2.45, 2.75) is 6.92 Å². The number of aryl methyl sites for hydroxylation is 1. The Bertz CT molecular complexity index is 552. The van der Waals surface area contributed by atoms with Crippen LogP contribution in [0, 0.1) is 12.7 Å². The molecule has 7 heteroatoms. The van der Waals surface area contributed by atoms with Crippen molar-refractivity contribution in [1.82, 2.24) is 20.2 Å². The lowest BCUT2D eigenvalue weighted by Gasteiger charge is -2.01. The molecule has 2 aromatic heterocycles. The Morgan fingerprint density at radius 3 is 2.94 bits per heavy atom. The molecule has 0 atom stereocenters. The number of hydrogen-bond acceptors (Lipinski definition) is 4. The third-order valence-electron chi connectivity index (χ3n) is 1.97. The van der Waals surface area contributed by atoms with Gasteiger partial charge in [-0.1, -0.05) is 0 Å². The molecule has 82 valence electrons. The van der Waals surface area contributed by atoms with Gasteiger partial charge in [0.05, 0.1) is 18.0 Å². The number of hydrogen-bond donors (Lipinski definition) is 2. The van der Waals surface area contributed by atoms with Gasteiger partial charge in [0.1, 0.15) is 11.5 Å². The Balaban J connectivity index is 2.62. The second-order valence-electron chi connectivity index (χ2n) is 3.08. The molecule has 0 aliphatic rings. The van der Waals surface area contributed by atoms with E-state index in [2.05, 4.69) is 20.2 Å². The number of rotatable bonds is 2. The number of nitrogens with one attached hydrogen (secondary N) is 1. The van der Waals surface area contributed by atoms with Gasteiger partial charge in [0.15, 0.2) is 11.5 Å². The minimum absolute atomic E-state index is 0.0707. The molecule has 0 aromatic carbocycles. The van der Waals surface area contributed by atoms with E-state index in [0.29, 0.717) is 5.82 Å². The number of carbonyl (C=O) groups is 1. The highest BCUT2D eigenvalue weighted by atomic mass is 19.1. The molecule has 2 aromatic rings. The molecule has 0 bridgehead atoms. The molecular formula is C9H7FN4O2. The molecule has 2 rings (SSSR count). The van der Waals surface area contributed by atoms with E-state index in [4.69, 9.17) is 5.11 Å². The van der Waals surface area contributed by atoms with Crippen molar-refractivity contribution in [1.29, 1.82) is 0 Å². The van der Waals surface area contributed by atoms with Crippen LogP contribution in [0.25, 0.3) is 11.3 Å². The molecule has 16 heavy (non-hydrogen) atoms. The van der Waals surface area contributed by atoms with Gasteiger partial charge in [-0.15, -0.1) is 0 Å². The van der Waals surface area contributed by atoms with Crippen molar-refractivity contribution < 1.29 is 14.3 Å². The number of H-pyrrole nitrogens is 1. The van der Waals surface area contributed by atoms with Gasteiger partial charge in [-0.3, -0.25) is 5.10 Å². The third-order valence-corrected chi connectivity index (χ3v) is 1.97. The standard InChI is InChI=1S/C9H7FN4O2/c1-4-11-3-6(10)7(13-4)5-2-12-14-8(5)9(15)16/h2-3H,1H3,(H,12,14)(H,15,16). The fourth-order valence-corrected chi connectivity index (χ4v) is 1.27. The quantitative estimate of drug-likeness (QED) is 0.791. The van der Waals surface area contributed by atoms with Crippen LogP contribution in [0.5, 0.6) is 0 Å². The maximum atomic E-state index is 13.4. The monoisotopic (exact) mass is 222 g/mol. The first-order valence-corrected chi connectivity index (χ1v) is 4.35. The van der Waals surface area contributed by atoms with E-state index in [1.165, 1.54) is 6.20 Å². The molecular weight excluding hydrogens is 215 g/mol. The van der Waals surface area contributed by atoms with Crippen LogP contribution < -0.4 is 0 Å². The van der Waals surface area contributed by atoms with Gasteiger partial charge in [-0.2, -0.15) is 5.10 Å². The van der Waals surface area contributed by atoms with Crippen LogP contribution in [-0.4, -0.2) is 31.2 Å². The number of nitrogens with zero attached hydrogens (tertiary/aromatic N) is 3. The van der Waals surface area contributed by atoms with E-state index in [1.807, 2.05) is 0 Å². The van der Waals surface area contributed by atoms with Crippen LogP contribution in [0.3, 0.4) is 0 Å². The predicted molar refractivity (Wildman–Crippen MR) is 51.3 cm³/mol. The molecule has 0 saturated heterocycles. The van der Waals surface area contributed by atoms with Crippen molar-refractivity contribution in [2.75, 3.05) is 0 Å². The second kappa shape index (κ2) is 3.69. The van der Waals surface area contributed by atoms with Gasteiger partial charge < -0.3 is 5.11 Å². The largest absolute Gasteiger partial charge is 0.477 e. The van der Waals surface area contributed by atoms with Crippen molar-refractivity contribution in [2.24, 2.45) is 0 Å². The summed E-state index contributed by atoms with van der Waals surface area (Å²) in [5.74, 6) is -1.55. The molecule has 2 heterocycles. The Labute approximate surface area is 89.2 Å². The zero-order valence-electron chi connectivity index (χ0n) is 8.23. The van der Waals surface area contributed by atoms with Gasteiger partial charge in [-0.05, 0) is 6.92 Å². The summed E-state index contributed by atoms with van der Waals surface area (Å²) in [5.41, 5.74) is -0.161. The summed E-state index contributed by atoms with van der Waals surface area (Å²) < 4.78 is 13.4. The Morgan fingerprint density at radius 1 is 1.50 bits per heavy atom. The number of aromatic amines is 1. The van der Waals surface area contributed by atoms with Crippen LogP contribution in [0.15, 0.2) is 12.4 Å². The highest BCUT2D eigenvalue weighted by molar-refractivity contribution is 5.93. The first-order valence-electron chi connectivity index (χ1n) is 4.35. The fraction of sp³-hybridized carbons (Fsp3) is 0.111. The van der Waals surface area contributed by atoms with Gasteiger partial charge in [0, 0.05) is 0 Å². The van der Waals surface area contributed by atoms with E-state index in [0.717, 1.165) is 6.20 Å². The van der Waals surface area contributed by atoms with E-state index in [9.17, 15) is 9.18 Å². The molecule has 0 aliphatic carbocycles. The molecule has 0 amide bonds. The smallest absolute Gasteiger partial charge is 0.354 e. The van der Waals surface area contributed by atoms with Crippen LogP contribution in [0.4, 0.5) is 4.39 Å². The van der Waals surface area contributed by atoms with Crippen LogP contribution in [0.1, 0.15) is 16.3 Å². The fourth-order valence-electron chi connectivity index (χ4n) is 1.27. The molecule has 0 spiro atoms. The molecule has 0 saturated carbocycles. The molecule has 0 radical (unpaired) electrons. The summed E-state index contributed by atoms with van der Waals surface area (Å²) >= 11 is 0. The van der Waals surface area contributed by atoms with Gasteiger partial charge in [0.2, 0.25) is 0 Å². The lowest BCUT2D eigenvalue weighted by Crippen LogP contribution is -2.02. The van der Waals surface area contributed by atoms with E-state index < -0.39 is 11.8 Å². The Kier molecular flexibility index (Phi) is 2.35. The summed E-state index contributed by atoms with van der Waals surface area (Å²) in [4.78, 5) is 18.3. The lowest BCUT2D eigenvalue weighted by atomic mass is 10.1. The second-order valence-corrected chi connectivity index (χ2v) is 3.08. The van der Waals surface area contributed by atoms with E-state index in [1.54, 1.807) is 6.92 Å². The number of aromatic nitrogens is 4. The summed E-state index contributed by atoms with van der Waals surface area (Å²) in [6.07, 6.45) is 2.21. The Hall–Kier alpha value is -2.31. The number of aromatic carboxylic acids is 1. The van der Waals surface area contributed by atoms with Gasteiger partial charge in [0.25, 0.3) is 0 Å². The SMILES string of the molecule is Cc1ncc(F)c(-c2cn[nH]c2C(=O)O)n1. The van der Waals surface area contributed by atoms with Gasteiger partial charge in [-0.25, -0.2) is 19.2 Å². The number of carboxylic acid groups (broad SMARTS) is 1. The van der Waals surface area contributed by atoms with Crippen molar-refractivity contribution >= 4 is 5.97 Å². The number of carboxylic acids is 1. The topological polar surface area (TPSA) is 91.8 Å². The molecule has 2 N–H and O–H groups in total. The summed E-state index contributed by atoms with van der Waals surface area (Å²) in [6.45, 7) is 1.59. The summed E-state index contributed by atoms with van der Waals surface area (Å²) in [6, 6.07) is 0. The van der Waals surface area contributed by atoms with Crippen molar-refractivity contribution in [3.63, 3.8) is 0 Å². The zero-order chi connectivity index (χ0) is 11.7. The molecule has 6 nitrogen and oxygen atoms in total. The predicted octanol–water partition coefficient (Wildman–Crippen LogP) is 1.01. The maximum absolute atomic E-state index is 13.4. The number of halogens is 1. The first kappa shape index (κ1) is 10.2. The average molecular weight is 222 g/mol. The highest BCUT2D eigenvalue weighted by Crippen LogP contribution is 2.22. The summed E-state index contributed by atoms with van der Waals surface area (Å²) in [7, 11) is 0. The minimum atomic E-state index is -1.22. The molecule has 0 fully saturated rings. The van der Waals surface area contributed by atoms with E-state index in [-0.39, 0.29) is 17.0 Å². The Morgan fingerprint density at radius 2 is 2.25 bits per heavy atom. The van der Waals surface area contributed by atoms with Crippen molar-refractivity contribution in [3.8, 4) is 11.3 Å². The van der Waals surface area contributed by atoms with E-state index >= 15 is 0 Å². The first-order chi connectivity index (χ1) is 7.59. The van der Waals surface area contributed by atoms with Crippen LogP contribution in [-0.2, 0) is 0 Å². The van der Waals surface area contributed by atoms with Crippen LogP contribution in [0.2, 0.25) is 0 Å². The molecule has 0 aliphatic heterocycles. The minimum Gasteiger partial charge on any atom is -0.477 e. The van der Waals surface area contributed by atoms with Crippen LogP contribution >= 0.6 is 0 Å². The highest BCUT2D eigenvalue weighted by Gasteiger charge is 2.18. The normalized spacial score (nSPS) is 10.4. The molecule has 0 unspecified atom stereocenters. The third kappa shape index (κ3) is 1.62. The lowest BCUT2D eigenvalue weighted by molar-refractivity contribution is 0.0691.